The summed E-state index contributed by atoms with van der Waals surface area (Å²) in [6.07, 6.45) is 4.72. The van der Waals surface area contributed by atoms with Crippen molar-refractivity contribution in [3.63, 3.8) is 0 Å². The molecule has 3 nitrogen and oxygen atoms in total. The van der Waals surface area contributed by atoms with Crippen LogP contribution in [0, 0.1) is 0 Å². The molecule has 0 saturated heterocycles. The zero-order chi connectivity index (χ0) is 15.2. The van der Waals surface area contributed by atoms with Gasteiger partial charge >= 0.3 is 0 Å². The molecule has 1 N–H and O–H groups in total. The number of fused-ring (bicyclic) bond motifs is 1. The summed E-state index contributed by atoms with van der Waals surface area (Å²) in [7, 11) is 0. The number of amides is 1. The number of benzene rings is 2. The van der Waals surface area contributed by atoms with Gasteiger partial charge in [0.2, 0.25) is 5.91 Å². The SMILES string of the molecule is O=C(CCc1cccc2ccccc12)NCc1ccncc1. The lowest BCUT2D eigenvalue weighted by atomic mass is 10.0. The lowest BCUT2D eigenvalue weighted by Crippen LogP contribution is -2.23. The third-order valence-corrected chi connectivity index (χ3v) is 3.74. The first-order valence-electron chi connectivity index (χ1n) is 7.45. The van der Waals surface area contributed by atoms with Crippen LogP contribution >= 0.6 is 0 Å². The van der Waals surface area contributed by atoms with Gasteiger partial charge in [0, 0.05) is 25.4 Å². The average molecular weight is 290 g/mol. The van der Waals surface area contributed by atoms with Gasteiger partial charge in [0.25, 0.3) is 0 Å². The second-order valence-corrected chi connectivity index (χ2v) is 5.27. The summed E-state index contributed by atoms with van der Waals surface area (Å²) in [5.74, 6) is 0.0738. The van der Waals surface area contributed by atoms with Crippen molar-refractivity contribution in [2.75, 3.05) is 0 Å². The molecule has 0 fully saturated rings. The van der Waals surface area contributed by atoms with Gasteiger partial charge in [-0.2, -0.15) is 0 Å². The highest BCUT2D eigenvalue weighted by Gasteiger charge is 2.05. The maximum absolute atomic E-state index is 12.0. The first-order valence-corrected chi connectivity index (χ1v) is 7.45. The predicted molar refractivity (Wildman–Crippen MR) is 88.4 cm³/mol. The fraction of sp³-hybridized carbons (Fsp3) is 0.158. The number of nitrogens with one attached hydrogen (secondary N) is 1. The number of carbonyl (C=O) groups excluding carboxylic acids is 1. The van der Waals surface area contributed by atoms with Crippen molar-refractivity contribution in [1.29, 1.82) is 0 Å². The third-order valence-electron chi connectivity index (χ3n) is 3.74. The maximum atomic E-state index is 12.0. The smallest absolute Gasteiger partial charge is 0.220 e. The summed E-state index contributed by atoms with van der Waals surface area (Å²) in [5, 5.41) is 5.40. The summed E-state index contributed by atoms with van der Waals surface area (Å²) in [4.78, 5) is 16.0. The van der Waals surface area contributed by atoms with Crippen LogP contribution in [0.2, 0.25) is 0 Å². The molecule has 0 aliphatic rings. The molecule has 1 amide bonds. The summed E-state index contributed by atoms with van der Waals surface area (Å²) in [6.45, 7) is 0.552. The molecule has 0 aliphatic carbocycles. The highest BCUT2D eigenvalue weighted by atomic mass is 16.1. The average Bonchev–Trinajstić information content (AvgIpc) is 2.59. The molecular formula is C19H18N2O. The topological polar surface area (TPSA) is 42.0 Å². The van der Waals surface area contributed by atoms with E-state index in [9.17, 15) is 4.79 Å². The van der Waals surface area contributed by atoms with Crippen LogP contribution in [-0.4, -0.2) is 10.9 Å². The number of pyridine rings is 1. The molecule has 1 aromatic heterocycles. The molecule has 110 valence electrons. The van der Waals surface area contributed by atoms with E-state index in [4.69, 9.17) is 0 Å². The Kier molecular flexibility index (Phi) is 4.44. The van der Waals surface area contributed by atoms with Crippen molar-refractivity contribution in [3.05, 3.63) is 78.1 Å². The molecule has 3 heteroatoms. The Morgan fingerprint density at radius 1 is 0.955 bits per heavy atom. The first-order chi connectivity index (χ1) is 10.8. The Bertz CT molecular complexity index is 763. The summed E-state index contributed by atoms with van der Waals surface area (Å²) in [5.41, 5.74) is 2.28. The number of nitrogens with zero attached hydrogens (tertiary/aromatic N) is 1. The van der Waals surface area contributed by atoms with Gasteiger partial charge in [0.15, 0.2) is 0 Å². The number of rotatable bonds is 5. The van der Waals surface area contributed by atoms with Crippen LogP contribution in [0.4, 0.5) is 0 Å². The van der Waals surface area contributed by atoms with Crippen LogP contribution in [0.1, 0.15) is 17.5 Å². The van der Waals surface area contributed by atoms with Gasteiger partial charge in [-0.25, -0.2) is 0 Å². The van der Waals surface area contributed by atoms with Crippen LogP contribution in [0.25, 0.3) is 10.8 Å². The van der Waals surface area contributed by atoms with E-state index < -0.39 is 0 Å². The lowest BCUT2D eigenvalue weighted by Gasteiger charge is -2.07. The molecule has 0 atom stereocenters. The van der Waals surface area contributed by atoms with E-state index in [1.54, 1.807) is 12.4 Å². The minimum atomic E-state index is 0.0738. The minimum absolute atomic E-state index is 0.0738. The number of hydrogen-bond donors (Lipinski definition) is 1. The van der Waals surface area contributed by atoms with Gasteiger partial charge in [-0.1, -0.05) is 42.5 Å². The lowest BCUT2D eigenvalue weighted by molar-refractivity contribution is -0.121. The highest BCUT2D eigenvalue weighted by molar-refractivity contribution is 5.86. The molecule has 1 heterocycles. The molecule has 0 aliphatic heterocycles. The molecule has 3 aromatic rings. The molecule has 0 spiro atoms. The number of hydrogen-bond acceptors (Lipinski definition) is 2. The van der Waals surface area contributed by atoms with Crippen molar-refractivity contribution in [2.45, 2.75) is 19.4 Å². The zero-order valence-electron chi connectivity index (χ0n) is 12.3. The van der Waals surface area contributed by atoms with Crippen LogP contribution in [0.15, 0.2) is 67.0 Å². The molecule has 0 unspecified atom stereocenters. The Labute approximate surface area is 130 Å². The first kappa shape index (κ1) is 14.3. The van der Waals surface area contributed by atoms with E-state index >= 15 is 0 Å². The van der Waals surface area contributed by atoms with E-state index in [0.717, 1.165) is 12.0 Å². The van der Waals surface area contributed by atoms with Gasteiger partial charge < -0.3 is 5.32 Å². The van der Waals surface area contributed by atoms with Crippen molar-refractivity contribution in [1.82, 2.24) is 10.3 Å². The highest BCUT2D eigenvalue weighted by Crippen LogP contribution is 2.19. The van der Waals surface area contributed by atoms with E-state index in [2.05, 4.69) is 34.6 Å². The molecular weight excluding hydrogens is 272 g/mol. The maximum Gasteiger partial charge on any atom is 0.220 e. The monoisotopic (exact) mass is 290 g/mol. The Balaban J connectivity index is 1.58. The van der Waals surface area contributed by atoms with Gasteiger partial charge in [-0.05, 0) is 40.5 Å². The van der Waals surface area contributed by atoms with Crippen LogP contribution in [0.5, 0.6) is 0 Å². The van der Waals surface area contributed by atoms with Gasteiger partial charge in [0.05, 0.1) is 0 Å². The number of aryl methyl sites for hydroxylation is 1. The largest absolute Gasteiger partial charge is 0.352 e. The van der Waals surface area contributed by atoms with Crippen LogP contribution < -0.4 is 5.32 Å². The number of carbonyl (C=O) groups is 1. The normalized spacial score (nSPS) is 10.5. The second-order valence-electron chi connectivity index (χ2n) is 5.27. The van der Waals surface area contributed by atoms with E-state index in [-0.39, 0.29) is 5.91 Å². The molecule has 0 bridgehead atoms. The Hall–Kier alpha value is -2.68. The fourth-order valence-corrected chi connectivity index (χ4v) is 2.55. The second kappa shape index (κ2) is 6.85. The predicted octanol–water partition coefficient (Wildman–Crippen LogP) is 3.48. The van der Waals surface area contributed by atoms with Crippen molar-refractivity contribution >= 4 is 16.7 Å². The quantitative estimate of drug-likeness (QED) is 0.781. The van der Waals surface area contributed by atoms with E-state index in [1.165, 1.54) is 16.3 Å². The molecule has 3 rings (SSSR count). The van der Waals surface area contributed by atoms with E-state index in [0.29, 0.717) is 13.0 Å². The van der Waals surface area contributed by atoms with Gasteiger partial charge in [0.1, 0.15) is 0 Å². The molecule has 2 aromatic carbocycles. The summed E-state index contributed by atoms with van der Waals surface area (Å²) >= 11 is 0. The van der Waals surface area contributed by atoms with E-state index in [1.807, 2.05) is 30.3 Å². The standard InChI is InChI=1S/C19H18N2O/c22-19(21-14-15-10-12-20-13-11-15)9-8-17-6-3-5-16-4-1-2-7-18(16)17/h1-7,10-13H,8-9,14H2,(H,21,22). The van der Waals surface area contributed by atoms with Crippen LogP contribution in [0.3, 0.4) is 0 Å². The third kappa shape index (κ3) is 3.50. The molecule has 22 heavy (non-hydrogen) atoms. The van der Waals surface area contributed by atoms with Crippen molar-refractivity contribution < 1.29 is 4.79 Å². The molecule has 0 saturated carbocycles. The van der Waals surface area contributed by atoms with Crippen molar-refractivity contribution in [3.8, 4) is 0 Å². The summed E-state index contributed by atoms with van der Waals surface area (Å²) in [6, 6.07) is 18.3. The Morgan fingerprint density at radius 2 is 1.73 bits per heavy atom. The minimum Gasteiger partial charge on any atom is -0.352 e. The molecule has 0 radical (unpaired) electrons. The fourth-order valence-electron chi connectivity index (χ4n) is 2.55. The Morgan fingerprint density at radius 3 is 2.59 bits per heavy atom. The van der Waals surface area contributed by atoms with Gasteiger partial charge in [-0.3, -0.25) is 9.78 Å². The van der Waals surface area contributed by atoms with Crippen LogP contribution in [-0.2, 0) is 17.8 Å². The number of aromatic nitrogens is 1. The summed E-state index contributed by atoms with van der Waals surface area (Å²) < 4.78 is 0. The zero-order valence-corrected chi connectivity index (χ0v) is 12.3. The van der Waals surface area contributed by atoms with Crippen molar-refractivity contribution in [2.24, 2.45) is 0 Å². The van der Waals surface area contributed by atoms with Gasteiger partial charge in [-0.15, -0.1) is 0 Å².